The van der Waals surface area contributed by atoms with Crippen molar-refractivity contribution in [3.05, 3.63) is 59.9 Å². The fourth-order valence-corrected chi connectivity index (χ4v) is 5.16. The van der Waals surface area contributed by atoms with Crippen LogP contribution in [0.1, 0.15) is 56.1 Å². The van der Waals surface area contributed by atoms with Gasteiger partial charge in [-0.05, 0) is 43.4 Å². The van der Waals surface area contributed by atoms with E-state index < -0.39 is 6.85 Å². The van der Waals surface area contributed by atoms with Crippen molar-refractivity contribution in [2.24, 2.45) is 0 Å². The quantitative estimate of drug-likeness (QED) is 0.388. The number of aromatic nitrogens is 2. The Kier molecular flexibility index (Phi) is 2.85. The second kappa shape index (κ2) is 6.48. The molecule has 4 aromatic rings. The van der Waals surface area contributed by atoms with Crippen LogP contribution in [0.3, 0.4) is 0 Å². The SMILES string of the molecule is [2H]c1c(C([2H])([2H])[2H])cnc(-c2cccc3c2sc2nc(C4CCCCC4)ccc23)c1[2H]. The molecule has 3 heterocycles. The van der Waals surface area contributed by atoms with E-state index in [1.54, 1.807) is 11.3 Å². The molecule has 1 fully saturated rings. The van der Waals surface area contributed by atoms with Gasteiger partial charge in [-0.2, -0.15) is 0 Å². The summed E-state index contributed by atoms with van der Waals surface area (Å²) in [5.74, 6) is 0.530. The Labute approximate surface area is 165 Å². The molecule has 1 saturated carbocycles. The third-order valence-electron chi connectivity index (χ3n) is 5.30. The maximum atomic E-state index is 8.42. The predicted molar refractivity (Wildman–Crippen MR) is 111 cm³/mol. The lowest BCUT2D eigenvalue weighted by molar-refractivity contribution is 0.437. The Morgan fingerprint density at radius 2 is 2.00 bits per heavy atom. The molecule has 0 saturated heterocycles. The van der Waals surface area contributed by atoms with Crippen LogP contribution in [-0.2, 0) is 0 Å². The van der Waals surface area contributed by atoms with Crippen molar-refractivity contribution in [2.75, 3.05) is 0 Å². The van der Waals surface area contributed by atoms with E-state index in [9.17, 15) is 0 Å². The Morgan fingerprint density at radius 1 is 1.08 bits per heavy atom. The molecule has 1 aliphatic rings. The van der Waals surface area contributed by atoms with E-state index in [0.29, 0.717) is 11.6 Å². The molecule has 0 atom stereocenters. The second-order valence-electron chi connectivity index (χ2n) is 6.98. The van der Waals surface area contributed by atoms with Crippen molar-refractivity contribution >= 4 is 31.6 Å². The largest absolute Gasteiger partial charge is 0.256 e. The first-order chi connectivity index (χ1) is 14.8. The predicted octanol–water partition coefficient (Wildman–Crippen LogP) is 6.87. The van der Waals surface area contributed by atoms with E-state index in [0.717, 1.165) is 31.6 Å². The molecule has 26 heavy (non-hydrogen) atoms. The molecule has 3 heteroatoms. The zero-order chi connectivity index (χ0) is 21.8. The zero-order valence-electron chi connectivity index (χ0n) is 19.4. The lowest BCUT2D eigenvalue weighted by Gasteiger charge is -2.20. The van der Waals surface area contributed by atoms with Crippen LogP contribution in [0.15, 0.2) is 48.6 Å². The van der Waals surface area contributed by atoms with Gasteiger partial charge >= 0.3 is 0 Å². The van der Waals surface area contributed by atoms with E-state index in [2.05, 4.69) is 17.1 Å². The molecule has 0 bridgehead atoms. The number of nitrogens with zero attached hydrogens (tertiary/aromatic N) is 2. The Morgan fingerprint density at radius 3 is 2.88 bits per heavy atom. The van der Waals surface area contributed by atoms with Gasteiger partial charge in [0.15, 0.2) is 0 Å². The number of fused-ring (bicyclic) bond motifs is 3. The van der Waals surface area contributed by atoms with Crippen molar-refractivity contribution in [1.29, 1.82) is 0 Å². The summed E-state index contributed by atoms with van der Waals surface area (Å²) < 4.78 is 40.3. The van der Waals surface area contributed by atoms with Crippen LogP contribution in [0, 0.1) is 6.85 Å². The normalized spacial score (nSPS) is 19.0. The molecule has 0 aliphatic heterocycles. The van der Waals surface area contributed by atoms with Crippen molar-refractivity contribution in [2.45, 2.75) is 44.9 Å². The van der Waals surface area contributed by atoms with E-state index in [1.807, 2.05) is 18.2 Å². The first-order valence-electron chi connectivity index (χ1n) is 11.6. The summed E-state index contributed by atoms with van der Waals surface area (Å²) in [6.07, 6.45) is 7.45. The fraction of sp³-hybridized carbons (Fsp3) is 0.304. The molecule has 2 nitrogen and oxygen atoms in total. The van der Waals surface area contributed by atoms with Crippen LogP contribution >= 0.6 is 11.3 Å². The molecule has 1 aliphatic carbocycles. The van der Waals surface area contributed by atoms with Crippen LogP contribution in [-0.4, -0.2) is 9.97 Å². The number of hydrogen-bond donors (Lipinski definition) is 0. The molecule has 130 valence electrons. The third kappa shape index (κ3) is 2.71. The molecule has 1 aromatic carbocycles. The molecule has 3 aromatic heterocycles. The minimum absolute atomic E-state index is 0.158. The highest BCUT2D eigenvalue weighted by molar-refractivity contribution is 7.26. The number of thiophene rings is 1. The first-order valence-corrected chi connectivity index (χ1v) is 9.95. The summed E-state index contributed by atoms with van der Waals surface area (Å²) in [6, 6.07) is 9.70. The van der Waals surface area contributed by atoms with Crippen LogP contribution in [0.25, 0.3) is 31.6 Å². The first kappa shape index (κ1) is 11.5. The Bertz CT molecular complexity index is 1290. The summed E-state index contributed by atoms with van der Waals surface area (Å²) in [4.78, 5) is 10.3. The van der Waals surface area contributed by atoms with Crippen LogP contribution in [0.5, 0.6) is 0 Å². The van der Waals surface area contributed by atoms with Crippen LogP contribution in [0.2, 0.25) is 0 Å². The van der Waals surface area contributed by atoms with Gasteiger partial charge in [-0.3, -0.25) is 4.98 Å². The summed E-state index contributed by atoms with van der Waals surface area (Å²) in [6.45, 7) is -2.46. The third-order valence-corrected chi connectivity index (χ3v) is 6.45. The Balaban J connectivity index is 1.66. The van der Waals surface area contributed by atoms with Crippen molar-refractivity contribution in [3.63, 3.8) is 0 Å². The average Bonchev–Trinajstić information content (AvgIpc) is 3.13. The van der Waals surface area contributed by atoms with Gasteiger partial charge in [-0.15, -0.1) is 11.3 Å². The second-order valence-corrected chi connectivity index (χ2v) is 7.98. The molecular weight excluding hydrogens is 336 g/mol. The minimum Gasteiger partial charge on any atom is -0.256 e. The van der Waals surface area contributed by atoms with Gasteiger partial charge in [-0.25, -0.2) is 4.98 Å². The summed E-state index contributed by atoms with van der Waals surface area (Å²) in [7, 11) is 0. The number of benzene rings is 1. The molecule has 0 radical (unpaired) electrons. The minimum atomic E-state index is -2.46. The maximum Gasteiger partial charge on any atom is 0.124 e. The van der Waals surface area contributed by atoms with E-state index in [1.165, 1.54) is 38.3 Å². The van der Waals surface area contributed by atoms with Gasteiger partial charge in [0.05, 0.1) is 8.44 Å². The lowest BCUT2D eigenvalue weighted by Crippen LogP contribution is -2.05. The number of rotatable bonds is 2. The molecular formula is C23H22N2S. The number of pyridine rings is 2. The highest BCUT2D eigenvalue weighted by atomic mass is 32.1. The van der Waals surface area contributed by atoms with E-state index in [4.69, 9.17) is 11.8 Å². The van der Waals surface area contributed by atoms with Crippen molar-refractivity contribution < 1.29 is 6.85 Å². The standard InChI is InChI=1S/C23H22N2S/c1-15-10-12-21(24-14-15)19-9-5-8-17-18-11-13-20(16-6-3-2-4-7-16)25-23(18)26-22(17)19/h5,8-14,16H,2-4,6-7H2,1H3/i1D3,10D,12D. The van der Waals surface area contributed by atoms with Crippen LogP contribution < -0.4 is 0 Å². The van der Waals surface area contributed by atoms with Gasteiger partial charge in [0.25, 0.3) is 0 Å². The molecule has 0 spiro atoms. The zero-order valence-corrected chi connectivity index (χ0v) is 15.2. The summed E-state index contributed by atoms with van der Waals surface area (Å²) in [5, 5.41) is 2.13. The fourth-order valence-electron chi connectivity index (χ4n) is 3.96. The van der Waals surface area contributed by atoms with E-state index in [-0.39, 0.29) is 17.6 Å². The number of aryl methyl sites for hydroxylation is 1. The Hall–Kier alpha value is -2.26. The molecule has 5 rings (SSSR count). The van der Waals surface area contributed by atoms with Gasteiger partial charge in [0.2, 0.25) is 0 Å². The van der Waals surface area contributed by atoms with Gasteiger partial charge in [-0.1, -0.05) is 43.5 Å². The van der Waals surface area contributed by atoms with E-state index >= 15 is 0 Å². The van der Waals surface area contributed by atoms with Gasteiger partial charge in [0, 0.05) is 43.0 Å². The highest BCUT2D eigenvalue weighted by Gasteiger charge is 2.18. The van der Waals surface area contributed by atoms with Crippen molar-refractivity contribution in [3.8, 4) is 11.3 Å². The molecule has 0 unspecified atom stereocenters. The average molecular weight is 364 g/mol. The van der Waals surface area contributed by atoms with Gasteiger partial charge in [0.1, 0.15) is 4.83 Å². The smallest absolute Gasteiger partial charge is 0.124 e. The topological polar surface area (TPSA) is 25.8 Å². The summed E-state index contributed by atoms with van der Waals surface area (Å²) in [5.41, 5.74) is 2.05. The molecule has 0 amide bonds. The van der Waals surface area contributed by atoms with Gasteiger partial charge < -0.3 is 0 Å². The molecule has 0 N–H and O–H groups in total. The monoisotopic (exact) mass is 363 g/mol. The highest BCUT2D eigenvalue weighted by Crippen LogP contribution is 2.40. The maximum absolute atomic E-state index is 8.42. The summed E-state index contributed by atoms with van der Waals surface area (Å²) >= 11 is 1.58. The van der Waals surface area contributed by atoms with Crippen molar-refractivity contribution in [1.82, 2.24) is 9.97 Å². The lowest BCUT2D eigenvalue weighted by atomic mass is 9.86. The number of hydrogen-bond acceptors (Lipinski definition) is 3. The van der Waals surface area contributed by atoms with Crippen LogP contribution in [0.4, 0.5) is 0 Å².